The fourth-order valence-electron chi connectivity index (χ4n) is 1.14. The molecule has 23 heavy (non-hydrogen) atoms. The van der Waals surface area contributed by atoms with E-state index in [1.54, 1.807) is 0 Å². The van der Waals surface area contributed by atoms with Gasteiger partial charge < -0.3 is 26.5 Å². The summed E-state index contributed by atoms with van der Waals surface area (Å²) in [7, 11) is 1.00. The zero-order chi connectivity index (χ0) is 19.3. The van der Waals surface area contributed by atoms with Crippen LogP contribution in [0.2, 0.25) is 0 Å². The van der Waals surface area contributed by atoms with Gasteiger partial charge in [-0.1, -0.05) is 53.9 Å². The van der Waals surface area contributed by atoms with E-state index in [-0.39, 0.29) is 6.04 Å². The first kappa shape index (κ1) is 30.0. The number of unbranched alkanes of at least 4 members (excludes halogenated alkanes) is 1. The van der Waals surface area contributed by atoms with Gasteiger partial charge in [0.05, 0.1) is 6.04 Å². The first-order valence-electron chi connectivity index (χ1n) is 8.40. The van der Waals surface area contributed by atoms with Gasteiger partial charge in [0.2, 0.25) is 0 Å². The number of hydrogen-bond acceptors (Lipinski definition) is 5. The smallest absolute Gasteiger partial charge is 0.320 e. The summed E-state index contributed by atoms with van der Waals surface area (Å²) < 4.78 is 0. The largest absolute Gasteiger partial charge is 0.480 e. The van der Waals surface area contributed by atoms with Crippen molar-refractivity contribution in [3.63, 3.8) is 0 Å². The van der Waals surface area contributed by atoms with Crippen molar-refractivity contribution in [2.75, 3.05) is 7.11 Å². The van der Waals surface area contributed by atoms with Crippen molar-refractivity contribution in [2.24, 2.45) is 17.4 Å². The van der Waals surface area contributed by atoms with Gasteiger partial charge in [-0.15, -0.1) is 0 Å². The van der Waals surface area contributed by atoms with E-state index in [0.29, 0.717) is 12.3 Å². The highest BCUT2D eigenvalue weighted by molar-refractivity contribution is 5.72. The molecule has 0 radical (unpaired) electrons. The molecule has 6 nitrogen and oxygen atoms in total. The quantitative estimate of drug-likeness (QED) is 0.505. The topological polar surface area (TPSA) is 127 Å². The van der Waals surface area contributed by atoms with Gasteiger partial charge in [0.25, 0.3) is 0 Å². The Labute approximate surface area is 142 Å². The molecule has 142 valence electrons. The molecule has 0 spiro atoms. The van der Waals surface area contributed by atoms with Crippen LogP contribution in [-0.4, -0.2) is 41.7 Å². The minimum Gasteiger partial charge on any atom is -0.480 e. The van der Waals surface area contributed by atoms with Crippen LogP contribution in [0.15, 0.2) is 0 Å². The number of aliphatic hydroxyl groups is 1. The van der Waals surface area contributed by atoms with Crippen molar-refractivity contribution < 1.29 is 19.8 Å². The number of carboxylic acids is 1. The first-order chi connectivity index (χ1) is 10.8. The van der Waals surface area contributed by atoms with Crippen LogP contribution in [0.1, 0.15) is 73.1 Å². The van der Waals surface area contributed by atoms with Crippen molar-refractivity contribution in [1.82, 2.24) is 0 Å². The number of aldehydes is 1. The van der Waals surface area contributed by atoms with Gasteiger partial charge in [0.1, 0.15) is 12.3 Å². The lowest BCUT2D eigenvalue weighted by Gasteiger charge is -2.04. The van der Waals surface area contributed by atoms with Gasteiger partial charge >= 0.3 is 5.97 Å². The molecule has 0 aliphatic carbocycles. The third-order valence-corrected chi connectivity index (χ3v) is 2.44. The van der Waals surface area contributed by atoms with E-state index in [1.165, 1.54) is 6.42 Å². The van der Waals surface area contributed by atoms with Gasteiger partial charge in [-0.2, -0.15) is 0 Å². The van der Waals surface area contributed by atoms with Gasteiger partial charge in [-0.05, 0) is 25.2 Å². The number of carbonyl (C=O) groups excluding carboxylic acids is 1. The highest BCUT2D eigenvalue weighted by Gasteiger charge is 2.08. The zero-order valence-electron chi connectivity index (χ0n) is 15.9. The highest BCUT2D eigenvalue weighted by Crippen LogP contribution is 2.03. The van der Waals surface area contributed by atoms with Crippen LogP contribution in [0.5, 0.6) is 0 Å². The zero-order valence-corrected chi connectivity index (χ0v) is 15.9. The molecule has 0 aromatic heterocycles. The molecule has 0 heterocycles. The third-order valence-electron chi connectivity index (χ3n) is 2.44. The second-order valence-electron chi connectivity index (χ2n) is 5.57. The molecule has 6 N–H and O–H groups in total. The summed E-state index contributed by atoms with van der Waals surface area (Å²) in [6.07, 6.45) is 6.41. The molecule has 0 saturated heterocycles. The molecular weight excluding hydrogens is 296 g/mol. The molecule has 6 heteroatoms. The molecule has 0 aliphatic heterocycles. The SMILES string of the molecule is CC(C)CCC(N)C=O.CCC.CCCCC(N)C(=O)O.CO. The Balaban J connectivity index is -0.000000123. The second-order valence-corrected chi connectivity index (χ2v) is 5.57. The van der Waals surface area contributed by atoms with E-state index < -0.39 is 12.0 Å². The highest BCUT2D eigenvalue weighted by atomic mass is 16.4. The summed E-state index contributed by atoms with van der Waals surface area (Å²) >= 11 is 0. The Hall–Kier alpha value is -0.980. The Bertz CT molecular complexity index is 237. The monoisotopic (exact) mass is 336 g/mol. The second kappa shape index (κ2) is 25.9. The summed E-state index contributed by atoms with van der Waals surface area (Å²) in [5.41, 5.74) is 10.6. The number of hydrogen-bond donors (Lipinski definition) is 4. The minimum atomic E-state index is -0.900. The van der Waals surface area contributed by atoms with E-state index in [1.807, 2.05) is 6.92 Å². The molecule has 2 atom stereocenters. The Kier molecular flexibility index (Phi) is 33.8. The summed E-state index contributed by atoms with van der Waals surface area (Å²) in [6.45, 7) is 10.5. The van der Waals surface area contributed by atoms with E-state index in [2.05, 4.69) is 27.7 Å². The van der Waals surface area contributed by atoms with Crippen molar-refractivity contribution in [2.45, 2.75) is 85.2 Å². The van der Waals surface area contributed by atoms with Gasteiger partial charge in [-0.25, -0.2) is 0 Å². The number of aliphatic hydroxyl groups excluding tert-OH is 1. The molecule has 0 rings (SSSR count). The van der Waals surface area contributed by atoms with Crippen molar-refractivity contribution >= 4 is 12.3 Å². The number of nitrogens with two attached hydrogens (primary N) is 2. The summed E-state index contributed by atoms with van der Waals surface area (Å²) in [5, 5.41) is 15.3. The fourth-order valence-corrected chi connectivity index (χ4v) is 1.14. The summed E-state index contributed by atoms with van der Waals surface area (Å²) in [4.78, 5) is 20.1. The molecule has 0 amide bonds. The maximum absolute atomic E-state index is 10.1. The molecule has 0 aromatic carbocycles. The molecular formula is C17H40N2O4. The van der Waals surface area contributed by atoms with Gasteiger partial charge in [0, 0.05) is 7.11 Å². The van der Waals surface area contributed by atoms with Crippen LogP contribution < -0.4 is 11.5 Å². The number of carboxylic acid groups (broad SMARTS) is 1. The fraction of sp³-hybridized carbons (Fsp3) is 0.882. The Morgan fingerprint density at radius 3 is 1.74 bits per heavy atom. The average Bonchev–Trinajstić information content (AvgIpc) is 2.53. The number of aliphatic carboxylic acids is 1. The maximum Gasteiger partial charge on any atom is 0.320 e. The predicted octanol–water partition coefficient (Wildman–Crippen LogP) is 2.56. The van der Waals surface area contributed by atoms with Gasteiger partial charge in [0.15, 0.2) is 0 Å². The van der Waals surface area contributed by atoms with E-state index in [0.717, 1.165) is 39.1 Å². The van der Waals surface area contributed by atoms with Crippen LogP contribution in [-0.2, 0) is 9.59 Å². The number of rotatable bonds is 8. The summed E-state index contributed by atoms with van der Waals surface area (Å²) in [5.74, 6) is -0.251. The lowest BCUT2D eigenvalue weighted by atomic mass is 10.1. The van der Waals surface area contributed by atoms with Crippen LogP contribution in [0.4, 0.5) is 0 Å². The molecule has 2 unspecified atom stereocenters. The third kappa shape index (κ3) is 38.7. The van der Waals surface area contributed by atoms with Crippen molar-refractivity contribution in [3.8, 4) is 0 Å². The minimum absolute atomic E-state index is 0.243. The molecule has 0 aliphatic rings. The standard InChI is InChI=1S/C7H15NO.C6H13NO2.C3H8.CH4O/c1-6(2)3-4-7(8)5-9;1-2-3-4-5(7)6(8)9;1-3-2;1-2/h5-7H,3-4,8H2,1-2H3;5H,2-4,7H2,1H3,(H,8,9);3H2,1-2H3;2H,1H3. The first-order valence-corrected chi connectivity index (χ1v) is 8.40. The Morgan fingerprint density at radius 1 is 1.04 bits per heavy atom. The summed E-state index contributed by atoms with van der Waals surface area (Å²) in [6, 6.07) is -0.905. The van der Waals surface area contributed by atoms with E-state index in [4.69, 9.17) is 21.7 Å². The maximum atomic E-state index is 10.1. The number of carbonyl (C=O) groups is 2. The molecule has 0 saturated carbocycles. The molecule has 0 fully saturated rings. The van der Waals surface area contributed by atoms with Crippen LogP contribution in [0.3, 0.4) is 0 Å². The van der Waals surface area contributed by atoms with E-state index in [9.17, 15) is 9.59 Å². The molecule has 0 bridgehead atoms. The van der Waals surface area contributed by atoms with Crippen molar-refractivity contribution in [1.29, 1.82) is 0 Å². The molecule has 0 aromatic rings. The van der Waals surface area contributed by atoms with Crippen LogP contribution in [0.25, 0.3) is 0 Å². The van der Waals surface area contributed by atoms with Crippen LogP contribution >= 0.6 is 0 Å². The predicted molar refractivity (Wildman–Crippen MR) is 97.4 cm³/mol. The lowest BCUT2D eigenvalue weighted by Crippen LogP contribution is -2.29. The van der Waals surface area contributed by atoms with Gasteiger partial charge in [-0.3, -0.25) is 4.79 Å². The lowest BCUT2D eigenvalue weighted by molar-refractivity contribution is -0.138. The Morgan fingerprint density at radius 2 is 1.48 bits per heavy atom. The van der Waals surface area contributed by atoms with Crippen LogP contribution in [0, 0.1) is 5.92 Å². The van der Waals surface area contributed by atoms with E-state index >= 15 is 0 Å². The van der Waals surface area contributed by atoms with Crippen molar-refractivity contribution in [3.05, 3.63) is 0 Å². The average molecular weight is 337 g/mol. The normalized spacial score (nSPS) is 11.6.